The minimum Gasteiger partial charge on any atom is -0.485 e. The first-order chi connectivity index (χ1) is 10.2. The summed E-state index contributed by atoms with van der Waals surface area (Å²) in [6, 6.07) is 4.66. The Morgan fingerprint density at radius 2 is 2.14 bits per heavy atom. The quantitative estimate of drug-likeness (QED) is 0.758. The highest BCUT2D eigenvalue weighted by atomic mass is 19.1. The van der Waals surface area contributed by atoms with E-state index in [-0.39, 0.29) is 12.4 Å². The second-order valence-electron chi connectivity index (χ2n) is 4.72. The predicted molar refractivity (Wildman–Crippen MR) is 76.4 cm³/mol. The van der Waals surface area contributed by atoms with Crippen molar-refractivity contribution in [1.82, 2.24) is 15.5 Å². The zero-order valence-corrected chi connectivity index (χ0v) is 12.4. The normalized spacial score (nSPS) is 10.8. The van der Waals surface area contributed by atoms with Gasteiger partial charge in [-0.05, 0) is 30.7 Å². The van der Waals surface area contributed by atoms with Gasteiger partial charge >= 0.3 is 0 Å². The Morgan fingerprint density at radius 3 is 2.86 bits per heavy atom. The van der Waals surface area contributed by atoms with Crippen LogP contribution in [0.3, 0.4) is 0 Å². The molecule has 6 heteroatoms. The lowest BCUT2D eigenvalue weighted by Gasteiger charge is -2.08. The summed E-state index contributed by atoms with van der Waals surface area (Å²) in [6.07, 6.45) is 1.72. The van der Waals surface area contributed by atoms with Gasteiger partial charge in [0, 0.05) is 19.0 Å². The van der Waals surface area contributed by atoms with E-state index < -0.39 is 0 Å². The van der Waals surface area contributed by atoms with E-state index in [1.54, 1.807) is 0 Å². The molecule has 0 aliphatic carbocycles. The summed E-state index contributed by atoms with van der Waals surface area (Å²) in [5.74, 6) is 1.17. The van der Waals surface area contributed by atoms with Gasteiger partial charge in [0.2, 0.25) is 11.7 Å². The zero-order valence-electron chi connectivity index (χ0n) is 12.4. The van der Waals surface area contributed by atoms with Gasteiger partial charge in [0.15, 0.2) is 6.61 Å². The fourth-order valence-electron chi connectivity index (χ4n) is 1.86. The van der Waals surface area contributed by atoms with E-state index in [1.165, 1.54) is 12.1 Å². The smallest absolute Gasteiger partial charge is 0.226 e. The minimum atomic E-state index is -0.317. The van der Waals surface area contributed by atoms with E-state index >= 15 is 0 Å². The molecule has 5 nitrogen and oxygen atoms in total. The van der Waals surface area contributed by atoms with Gasteiger partial charge in [-0.2, -0.15) is 4.98 Å². The van der Waals surface area contributed by atoms with Crippen molar-refractivity contribution in [2.45, 2.75) is 39.8 Å². The van der Waals surface area contributed by atoms with E-state index in [9.17, 15) is 4.39 Å². The first kappa shape index (κ1) is 15.4. The lowest BCUT2D eigenvalue weighted by molar-refractivity contribution is 0.283. The van der Waals surface area contributed by atoms with Crippen molar-refractivity contribution in [3.63, 3.8) is 0 Å². The molecule has 2 aromatic rings. The molecule has 0 aliphatic rings. The van der Waals surface area contributed by atoms with Crippen LogP contribution in [0.2, 0.25) is 0 Å². The van der Waals surface area contributed by atoms with Crippen molar-refractivity contribution in [2.75, 3.05) is 6.54 Å². The van der Waals surface area contributed by atoms with Gasteiger partial charge in [-0.15, -0.1) is 0 Å². The maximum absolute atomic E-state index is 13.6. The van der Waals surface area contributed by atoms with Gasteiger partial charge in [-0.25, -0.2) is 4.39 Å². The molecule has 1 aromatic carbocycles. The highest BCUT2D eigenvalue weighted by molar-refractivity contribution is 5.29. The lowest BCUT2D eigenvalue weighted by Crippen LogP contribution is -2.14. The van der Waals surface area contributed by atoms with E-state index in [0.29, 0.717) is 30.4 Å². The van der Waals surface area contributed by atoms with Crippen LogP contribution in [-0.4, -0.2) is 16.7 Å². The summed E-state index contributed by atoms with van der Waals surface area (Å²) in [6.45, 7) is 5.69. The maximum atomic E-state index is 13.6. The number of rotatable bonds is 8. The number of aromatic nitrogens is 2. The van der Waals surface area contributed by atoms with Crippen LogP contribution in [0.25, 0.3) is 0 Å². The molecule has 0 fully saturated rings. The summed E-state index contributed by atoms with van der Waals surface area (Å²) >= 11 is 0. The molecule has 2 rings (SSSR count). The first-order valence-corrected chi connectivity index (χ1v) is 7.15. The topological polar surface area (TPSA) is 60.2 Å². The van der Waals surface area contributed by atoms with Crippen LogP contribution in [0.1, 0.15) is 37.5 Å². The Morgan fingerprint density at radius 1 is 1.29 bits per heavy atom. The third-order valence-corrected chi connectivity index (χ3v) is 2.87. The van der Waals surface area contributed by atoms with Crippen molar-refractivity contribution >= 4 is 0 Å². The molecule has 0 amide bonds. The number of aryl methyl sites for hydroxylation is 1. The second kappa shape index (κ2) is 7.73. The zero-order chi connectivity index (χ0) is 15.1. The highest BCUT2D eigenvalue weighted by Gasteiger charge is 2.07. The average Bonchev–Trinajstić information content (AvgIpc) is 2.93. The number of hydrogen-bond acceptors (Lipinski definition) is 5. The molecule has 0 spiro atoms. The summed E-state index contributed by atoms with van der Waals surface area (Å²) in [7, 11) is 0. The minimum absolute atomic E-state index is 0.161. The fourth-order valence-corrected chi connectivity index (χ4v) is 1.86. The predicted octanol–water partition coefficient (Wildman–Crippen LogP) is 2.85. The molecule has 1 N–H and O–H groups in total. The largest absolute Gasteiger partial charge is 0.485 e. The van der Waals surface area contributed by atoms with Crippen molar-refractivity contribution in [3.8, 4) is 5.75 Å². The Hall–Kier alpha value is -1.95. The van der Waals surface area contributed by atoms with Gasteiger partial charge in [-0.3, -0.25) is 0 Å². The Kier molecular flexibility index (Phi) is 5.68. The van der Waals surface area contributed by atoms with Crippen LogP contribution < -0.4 is 10.1 Å². The molecule has 0 radical (unpaired) electrons. The van der Waals surface area contributed by atoms with Crippen molar-refractivity contribution in [1.29, 1.82) is 0 Å². The van der Waals surface area contributed by atoms with Crippen LogP contribution in [0.5, 0.6) is 5.75 Å². The van der Waals surface area contributed by atoms with Crippen molar-refractivity contribution in [2.24, 2.45) is 0 Å². The third kappa shape index (κ3) is 4.82. The number of benzene rings is 1. The number of nitrogens with one attached hydrogen (secondary N) is 1. The molecule has 0 bridgehead atoms. The molecule has 0 unspecified atom stereocenters. The molecule has 21 heavy (non-hydrogen) atoms. The molecule has 0 atom stereocenters. The number of halogens is 1. The third-order valence-electron chi connectivity index (χ3n) is 2.87. The summed E-state index contributed by atoms with van der Waals surface area (Å²) < 4.78 is 24.1. The molecule has 1 aromatic heterocycles. The van der Waals surface area contributed by atoms with Crippen molar-refractivity contribution in [3.05, 3.63) is 41.3 Å². The van der Waals surface area contributed by atoms with Crippen LogP contribution in [-0.2, 0) is 19.6 Å². The lowest BCUT2D eigenvalue weighted by atomic mass is 10.2. The Balaban J connectivity index is 1.95. The SMILES string of the molecule is CCCNCc1cc(F)cc(OCc2noc(CC)n2)c1. The van der Waals surface area contributed by atoms with Crippen LogP contribution >= 0.6 is 0 Å². The highest BCUT2D eigenvalue weighted by Crippen LogP contribution is 2.17. The fraction of sp³-hybridized carbons (Fsp3) is 0.467. The monoisotopic (exact) mass is 293 g/mol. The van der Waals surface area contributed by atoms with Crippen LogP contribution in [0, 0.1) is 5.82 Å². The number of hydrogen-bond donors (Lipinski definition) is 1. The van der Waals surface area contributed by atoms with Crippen molar-refractivity contribution < 1.29 is 13.7 Å². The van der Waals surface area contributed by atoms with Gasteiger partial charge in [-0.1, -0.05) is 19.0 Å². The van der Waals surface area contributed by atoms with Gasteiger partial charge in [0.05, 0.1) is 0 Å². The molecular formula is C15H20FN3O2. The number of nitrogens with zero attached hydrogens (tertiary/aromatic N) is 2. The number of ether oxygens (including phenoxy) is 1. The molecule has 1 heterocycles. The summed E-state index contributed by atoms with van der Waals surface area (Å²) in [5, 5.41) is 7.02. The molecule has 114 valence electrons. The van der Waals surface area contributed by atoms with E-state index in [0.717, 1.165) is 18.5 Å². The van der Waals surface area contributed by atoms with E-state index in [2.05, 4.69) is 22.4 Å². The Bertz CT molecular complexity index is 572. The molecule has 0 aliphatic heterocycles. The van der Waals surface area contributed by atoms with Crippen LogP contribution in [0.4, 0.5) is 4.39 Å². The standard InChI is InChI=1S/C15H20FN3O2/c1-3-5-17-9-11-6-12(16)8-13(7-11)20-10-14-18-15(4-2)21-19-14/h6-8,17H,3-5,9-10H2,1-2H3. The summed E-state index contributed by atoms with van der Waals surface area (Å²) in [4.78, 5) is 4.14. The van der Waals surface area contributed by atoms with E-state index in [1.807, 2.05) is 13.0 Å². The Labute approximate surface area is 123 Å². The maximum Gasteiger partial charge on any atom is 0.226 e. The second-order valence-corrected chi connectivity index (χ2v) is 4.72. The molecular weight excluding hydrogens is 273 g/mol. The van der Waals surface area contributed by atoms with E-state index in [4.69, 9.17) is 9.26 Å². The summed E-state index contributed by atoms with van der Waals surface area (Å²) in [5.41, 5.74) is 0.848. The first-order valence-electron chi connectivity index (χ1n) is 7.15. The van der Waals surface area contributed by atoms with Gasteiger partial charge in [0.25, 0.3) is 0 Å². The van der Waals surface area contributed by atoms with Crippen LogP contribution in [0.15, 0.2) is 22.7 Å². The average molecular weight is 293 g/mol. The van der Waals surface area contributed by atoms with Gasteiger partial charge < -0.3 is 14.6 Å². The molecule has 0 saturated heterocycles. The van der Waals surface area contributed by atoms with Gasteiger partial charge in [0.1, 0.15) is 11.6 Å². The molecule has 0 saturated carbocycles.